The quantitative estimate of drug-likeness (QED) is 0.819. The number of hydrogen-bond donors (Lipinski definition) is 1. The van der Waals surface area contributed by atoms with Crippen molar-refractivity contribution < 1.29 is 27.5 Å². The number of nitrogens with zero attached hydrogens (tertiary/aromatic N) is 3. The first kappa shape index (κ1) is 21.6. The van der Waals surface area contributed by atoms with Gasteiger partial charge in [0.2, 0.25) is 5.91 Å². The molecule has 1 saturated heterocycles. The second-order valence-electron chi connectivity index (χ2n) is 6.99. The van der Waals surface area contributed by atoms with Gasteiger partial charge in [-0.05, 0) is 30.2 Å². The number of carbonyl (C=O) groups is 2. The summed E-state index contributed by atoms with van der Waals surface area (Å²) in [6.07, 6.45) is -2.40. The molecule has 3 rings (SSSR count). The molecule has 0 unspecified atom stereocenters. The van der Waals surface area contributed by atoms with Gasteiger partial charge < -0.3 is 15.4 Å². The van der Waals surface area contributed by atoms with Crippen molar-refractivity contribution in [1.29, 1.82) is 0 Å². The van der Waals surface area contributed by atoms with Crippen molar-refractivity contribution in [3.8, 4) is 5.75 Å². The minimum atomic E-state index is -4.39. The van der Waals surface area contributed by atoms with Crippen LogP contribution in [0.15, 0.2) is 36.7 Å². The SMILES string of the molecule is Cc1c(CN2CCN(C(=O)Oc3cncc(C(N)=O)c3)CC2)cccc1C(F)(F)F. The number of pyridine rings is 1. The van der Waals surface area contributed by atoms with Gasteiger partial charge in [-0.1, -0.05) is 12.1 Å². The molecule has 1 aliphatic heterocycles. The molecule has 0 spiro atoms. The molecule has 1 aromatic heterocycles. The molecule has 0 bridgehead atoms. The fraction of sp³-hybridized carbons (Fsp3) is 0.350. The van der Waals surface area contributed by atoms with Crippen molar-refractivity contribution in [2.24, 2.45) is 5.73 Å². The van der Waals surface area contributed by atoms with E-state index in [2.05, 4.69) is 4.98 Å². The summed E-state index contributed by atoms with van der Waals surface area (Å²) in [7, 11) is 0. The van der Waals surface area contributed by atoms with Gasteiger partial charge in [0.05, 0.1) is 17.3 Å². The van der Waals surface area contributed by atoms with E-state index >= 15 is 0 Å². The van der Waals surface area contributed by atoms with Crippen LogP contribution in [0.4, 0.5) is 18.0 Å². The van der Waals surface area contributed by atoms with Gasteiger partial charge in [-0.15, -0.1) is 0 Å². The van der Waals surface area contributed by atoms with Crippen molar-refractivity contribution >= 4 is 12.0 Å². The molecule has 2 aromatic rings. The van der Waals surface area contributed by atoms with E-state index in [0.717, 1.165) is 6.07 Å². The Balaban J connectivity index is 1.57. The molecule has 160 valence electrons. The van der Waals surface area contributed by atoms with Gasteiger partial charge in [0.15, 0.2) is 5.75 Å². The first-order chi connectivity index (χ1) is 14.1. The van der Waals surface area contributed by atoms with Crippen LogP contribution in [0.5, 0.6) is 5.75 Å². The lowest BCUT2D eigenvalue weighted by Gasteiger charge is -2.34. The second kappa shape index (κ2) is 8.70. The lowest BCUT2D eigenvalue weighted by atomic mass is 10.0. The molecule has 30 heavy (non-hydrogen) atoms. The third kappa shape index (κ3) is 5.07. The number of amides is 2. The number of carbonyl (C=O) groups excluding carboxylic acids is 2. The summed E-state index contributed by atoms with van der Waals surface area (Å²) in [6.45, 7) is 3.54. The molecule has 10 heteroatoms. The maximum Gasteiger partial charge on any atom is 0.416 e. The average Bonchev–Trinajstić information content (AvgIpc) is 2.69. The standard InChI is InChI=1S/C20H21F3N4O3/c1-13-14(3-2-4-17(13)20(21,22)23)12-26-5-7-27(8-6-26)19(29)30-16-9-15(18(24)28)10-25-11-16/h2-4,9-11H,5-8,12H2,1H3,(H2,24,28). The Morgan fingerprint density at radius 3 is 2.50 bits per heavy atom. The third-order valence-corrected chi connectivity index (χ3v) is 4.98. The molecule has 2 heterocycles. The predicted molar refractivity (Wildman–Crippen MR) is 102 cm³/mol. The second-order valence-corrected chi connectivity index (χ2v) is 6.99. The maximum atomic E-state index is 13.1. The van der Waals surface area contributed by atoms with Crippen molar-refractivity contribution in [1.82, 2.24) is 14.8 Å². The number of piperazine rings is 1. The minimum Gasteiger partial charge on any atom is -0.409 e. The van der Waals surface area contributed by atoms with Gasteiger partial charge in [-0.25, -0.2) is 4.79 Å². The Bertz CT molecular complexity index is 941. The number of alkyl halides is 3. The van der Waals surface area contributed by atoms with E-state index in [9.17, 15) is 22.8 Å². The van der Waals surface area contributed by atoms with Crippen molar-refractivity contribution in [3.63, 3.8) is 0 Å². The Morgan fingerprint density at radius 2 is 1.87 bits per heavy atom. The molecule has 0 aliphatic carbocycles. The monoisotopic (exact) mass is 422 g/mol. The zero-order valence-corrected chi connectivity index (χ0v) is 16.3. The van der Waals surface area contributed by atoms with E-state index in [4.69, 9.17) is 10.5 Å². The van der Waals surface area contributed by atoms with E-state index < -0.39 is 23.7 Å². The summed E-state index contributed by atoms with van der Waals surface area (Å²) < 4.78 is 44.5. The topological polar surface area (TPSA) is 88.8 Å². The Morgan fingerprint density at radius 1 is 1.17 bits per heavy atom. The summed E-state index contributed by atoms with van der Waals surface area (Å²) in [5.41, 5.74) is 5.50. The van der Waals surface area contributed by atoms with Gasteiger partial charge >= 0.3 is 12.3 Å². The number of primary amides is 1. The van der Waals surface area contributed by atoms with Crippen LogP contribution in [-0.2, 0) is 12.7 Å². The molecule has 0 atom stereocenters. The molecule has 2 amide bonds. The summed E-state index contributed by atoms with van der Waals surface area (Å²) in [5.74, 6) is -0.572. The smallest absolute Gasteiger partial charge is 0.409 e. The van der Waals surface area contributed by atoms with Crippen LogP contribution in [0.1, 0.15) is 27.0 Å². The fourth-order valence-corrected chi connectivity index (χ4v) is 3.27. The molecular weight excluding hydrogens is 401 g/mol. The van der Waals surface area contributed by atoms with Crippen LogP contribution in [-0.4, -0.2) is 53.0 Å². The van der Waals surface area contributed by atoms with Crippen LogP contribution in [0.2, 0.25) is 0 Å². The van der Waals surface area contributed by atoms with Crippen LogP contribution in [0.25, 0.3) is 0 Å². The molecule has 2 N–H and O–H groups in total. The van der Waals surface area contributed by atoms with Crippen LogP contribution in [0.3, 0.4) is 0 Å². The molecule has 0 saturated carbocycles. The van der Waals surface area contributed by atoms with E-state index in [1.165, 1.54) is 36.4 Å². The van der Waals surface area contributed by atoms with Gasteiger partial charge in [0.25, 0.3) is 0 Å². The van der Waals surface area contributed by atoms with Crippen LogP contribution in [0, 0.1) is 6.92 Å². The Labute approximate surface area is 171 Å². The minimum absolute atomic E-state index is 0.110. The number of hydrogen-bond acceptors (Lipinski definition) is 5. The number of aromatic nitrogens is 1. The number of ether oxygens (including phenoxy) is 1. The lowest BCUT2D eigenvalue weighted by molar-refractivity contribution is -0.138. The first-order valence-electron chi connectivity index (χ1n) is 9.25. The normalized spacial score (nSPS) is 15.1. The predicted octanol–water partition coefficient (Wildman–Crippen LogP) is 2.82. The van der Waals surface area contributed by atoms with Crippen LogP contribution >= 0.6 is 0 Å². The molecule has 1 fully saturated rings. The summed E-state index contributed by atoms with van der Waals surface area (Å²) in [4.78, 5) is 30.8. The molecule has 0 radical (unpaired) electrons. The summed E-state index contributed by atoms with van der Waals surface area (Å²) in [6, 6.07) is 5.51. The number of halogens is 3. The molecule has 7 nitrogen and oxygen atoms in total. The fourth-order valence-electron chi connectivity index (χ4n) is 3.27. The molecule has 1 aliphatic rings. The maximum absolute atomic E-state index is 13.1. The van der Waals surface area contributed by atoms with Gasteiger partial charge in [0, 0.05) is 38.9 Å². The molecule has 1 aromatic carbocycles. The average molecular weight is 422 g/mol. The third-order valence-electron chi connectivity index (χ3n) is 4.98. The molecular formula is C20H21F3N4O3. The highest BCUT2D eigenvalue weighted by atomic mass is 19.4. The van der Waals surface area contributed by atoms with Gasteiger partial charge in [0.1, 0.15) is 0 Å². The van der Waals surface area contributed by atoms with Crippen molar-refractivity contribution in [2.75, 3.05) is 26.2 Å². The Hall–Kier alpha value is -3.14. The van der Waals surface area contributed by atoms with Crippen molar-refractivity contribution in [3.05, 3.63) is 58.9 Å². The Kier molecular flexibility index (Phi) is 6.25. The summed E-state index contributed by atoms with van der Waals surface area (Å²) >= 11 is 0. The first-order valence-corrected chi connectivity index (χ1v) is 9.25. The summed E-state index contributed by atoms with van der Waals surface area (Å²) in [5, 5.41) is 0. The highest BCUT2D eigenvalue weighted by Crippen LogP contribution is 2.33. The zero-order valence-electron chi connectivity index (χ0n) is 16.3. The highest BCUT2D eigenvalue weighted by molar-refractivity contribution is 5.92. The zero-order chi connectivity index (χ0) is 21.9. The number of nitrogens with two attached hydrogens (primary N) is 1. The van der Waals surface area contributed by atoms with Crippen LogP contribution < -0.4 is 10.5 Å². The number of rotatable bonds is 4. The van der Waals surface area contributed by atoms with E-state index in [0.29, 0.717) is 38.3 Å². The van der Waals surface area contributed by atoms with Gasteiger partial charge in [-0.2, -0.15) is 13.2 Å². The van der Waals surface area contributed by atoms with Crippen molar-refractivity contribution in [2.45, 2.75) is 19.6 Å². The van der Waals surface area contributed by atoms with Gasteiger partial charge in [-0.3, -0.25) is 14.7 Å². The van der Waals surface area contributed by atoms with E-state index in [1.54, 1.807) is 6.07 Å². The van der Waals surface area contributed by atoms with E-state index in [1.807, 2.05) is 4.90 Å². The number of benzene rings is 1. The lowest BCUT2D eigenvalue weighted by Crippen LogP contribution is -2.49. The van der Waals surface area contributed by atoms with E-state index in [-0.39, 0.29) is 16.9 Å². The largest absolute Gasteiger partial charge is 0.416 e. The highest BCUT2D eigenvalue weighted by Gasteiger charge is 2.33.